The molecule has 2 aromatic heterocycles. The van der Waals surface area contributed by atoms with Gasteiger partial charge in [0, 0.05) is 29.0 Å². The summed E-state index contributed by atoms with van der Waals surface area (Å²) in [7, 11) is -2.47. The minimum atomic E-state index is -2.47. The van der Waals surface area contributed by atoms with Gasteiger partial charge in [-0.05, 0) is 52.1 Å². The zero-order valence-electron chi connectivity index (χ0n) is 12.9. The lowest BCUT2D eigenvalue weighted by Crippen LogP contribution is -2.11. The summed E-state index contributed by atoms with van der Waals surface area (Å²) >= 11 is 1.60. The minimum absolute atomic E-state index is 0.0854. The Kier molecular flexibility index (Phi) is 3.69. The molecule has 1 unspecified atom stereocenters. The van der Waals surface area contributed by atoms with Gasteiger partial charge in [-0.25, -0.2) is 0 Å². The number of H-pyrrole nitrogens is 1. The van der Waals surface area contributed by atoms with Gasteiger partial charge in [-0.3, -0.25) is 13.9 Å². The van der Waals surface area contributed by atoms with Crippen LogP contribution in [0.2, 0.25) is 0 Å². The van der Waals surface area contributed by atoms with Crippen molar-refractivity contribution in [3.05, 3.63) is 46.3 Å². The van der Waals surface area contributed by atoms with E-state index in [4.69, 9.17) is 5.73 Å². The summed E-state index contributed by atoms with van der Waals surface area (Å²) in [5.41, 5.74) is 9.79. The van der Waals surface area contributed by atoms with Crippen molar-refractivity contribution in [2.75, 3.05) is 11.5 Å². The van der Waals surface area contributed by atoms with Crippen LogP contribution >= 0.6 is 21.9 Å². The van der Waals surface area contributed by atoms with Crippen LogP contribution in [0.15, 0.2) is 35.2 Å². The lowest BCUT2D eigenvalue weighted by atomic mass is 9.94. The van der Waals surface area contributed by atoms with E-state index in [1.54, 1.807) is 11.3 Å². The lowest BCUT2D eigenvalue weighted by Gasteiger charge is -2.26. The van der Waals surface area contributed by atoms with E-state index in [2.05, 4.69) is 11.1 Å². The van der Waals surface area contributed by atoms with Gasteiger partial charge in [-0.15, -0.1) is 0 Å². The smallest absolute Gasteiger partial charge is 0.250 e. The van der Waals surface area contributed by atoms with Crippen LogP contribution in [-0.2, 0) is 0 Å². The van der Waals surface area contributed by atoms with E-state index in [-0.39, 0.29) is 5.92 Å². The van der Waals surface area contributed by atoms with E-state index < -0.39 is 16.5 Å². The number of nitrogens with one attached hydrogen (secondary N) is 1. The lowest BCUT2D eigenvalue weighted by molar-refractivity contribution is 0.100. The predicted octanol–water partition coefficient (Wildman–Crippen LogP) is 4.23. The number of nitrogens with two attached hydrogens (primary N) is 1. The molecular formula is C17H18N2O3S2. The van der Waals surface area contributed by atoms with Gasteiger partial charge in [0.15, 0.2) is 0 Å². The van der Waals surface area contributed by atoms with Gasteiger partial charge >= 0.3 is 0 Å². The van der Waals surface area contributed by atoms with Crippen LogP contribution in [0.25, 0.3) is 22.0 Å². The molecule has 1 amide bonds. The number of carbonyl (C=O) groups is 1. The maximum atomic E-state index is 11.9. The number of aromatic amines is 1. The second-order valence-corrected chi connectivity index (χ2v) is 9.35. The van der Waals surface area contributed by atoms with Gasteiger partial charge in [-0.1, -0.05) is 0 Å². The molecule has 1 saturated heterocycles. The molecule has 5 N–H and O–H groups in total. The number of thiophene rings is 1. The van der Waals surface area contributed by atoms with Crippen LogP contribution < -0.4 is 5.73 Å². The SMILES string of the molecule is NC(=O)c1cc(-c2ccsc2)cc2c(C3CCS(O)(O)C3)c[nH]c12. The number of primary amides is 1. The van der Waals surface area contributed by atoms with Gasteiger partial charge in [0.25, 0.3) is 5.91 Å². The van der Waals surface area contributed by atoms with Gasteiger partial charge in [-0.2, -0.15) is 21.9 Å². The van der Waals surface area contributed by atoms with Crippen LogP contribution in [0.4, 0.5) is 0 Å². The summed E-state index contributed by atoms with van der Waals surface area (Å²) in [5.74, 6) is 0.439. The summed E-state index contributed by atoms with van der Waals surface area (Å²) in [4.78, 5) is 15.1. The van der Waals surface area contributed by atoms with Crippen LogP contribution in [0.5, 0.6) is 0 Å². The standard InChI is InChI=1S/C17H18N2O3S2/c18-17(20)14-6-12(10-1-3-23-8-10)5-13-15(7-19-16(13)14)11-2-4-24(21,22)9-11/h1,3,5-8,11,19,21-22H,2,4,9H2,(H2,18,20). The molecular weight excluding hydrogens is 344 g/mol. The largest absolute Gasteiger partial charge is 0.366 e. The zero-order chi connectivity index (χ0) is 16.9. The fourth-order valence-electron chi connectivity index (χ4n) is 3.45. The Bertz CT molecular complexity index is 915. The molecule has 1 fully saturated rings. The molecule has 4 rings (SSSR count). The molecule has 3 heterocycles. The number of amides is 1. The molecule has 0 bridgehead atoms. The van der Waals surface area contributed by atoms with Crippen molar-refractivity contribution in [1.29, 1.82) is 0 Å². The van der Waals surface area contributed by atoms with Crippen molar-refractivity contribution in [2.45, 2.75) is 12.3 Å². The molecule has 24 heavy (non-hydrogen) atoms. The summed E-state index contributed by atoms with van der Waals surface area (Å²) in [5, 5.41) is 4.97. The number of hydrogen-bond donors (Lipinski definition) is 4. The highest BCUT2D eigenvalue weighted by Gasteiger charge is 2.31. The van der Waals surface area contributed by atoms with Crippen molar-refractivity contribution >= 4 is 38.7 Å². The Morgan fingerprint density at radius 3 is 2.79 bits per heavy atom. The van der Waals surface area contributed by atoms with Gasteiger partial charge in [0.1, 0.15) is 0 Å². The molecule has 0 radical (unpaired) electrons. The van der Waals surface area contributed by atoms with Gasteiger partial charge in [0.2, 0.25) is 0 Å². The molecule has 0 saturated carbocycles. The Hall–Kier alpha value is -1.80. The van der Waals surface area contributed by atoms with Gasteiger partial charge in [0.05, 0.1) is 11.1 Å². The monoisotopic (exact) mass is 362 g/mol. The number of fused-ring (bicyclic) bond motifs is 1. The fourth-order valence-corrected chi connectivity index (χ4v) is 5.93. The van der Waals surface area contributed by atoms with Crippen molar-refractivity contribution < 1.29 is 13.9 Å². The highest BCUT2D eigenvalue weighted by Crippen LogP contribution is 2.52. The first-order chi connectivity index (χ1) is 11.4. The normalized spacial score (nSPS) is 21.2. The van der Waals surface area contributed by atoms with Crippen LogP contribution in [-0.4, -0.2) is 31.5 Å². The molecule has 5 nitrogen and oxygen atoms in total. The maximum Gasteiger partial charge on any atom is 0.250 e. The second-order valence-electron chi connectivity index (χ2n) is 6.23. The van der Waals surface area contributed by atoms with E-state index in [0.717, 1.165) is 34.0 Å². The van der Waals surface area contributed by atoms with E-state index in [1.165, 1.54) is 0 Å². The summed E-state index contributed by atoms with van der Waals surface area (Å²) in [6.45, 7) is 0. The molecule has 3 aromatic rings. The van der Waals surface area contributed by atoms with Crippen LogP contribution in [0.1, 0.15) is 28.3 Å². The number of aromatic nitrogens is 1. The topological polar surface area (TPSA) is 99.3 Å². The molecule has 1 atom stereocenters. The van der Waals surface area contributed by atoms with E-state index in [9.17, 15) is 13.9 Å². The highest BCUT2D eigenvalue weighted by molar-refractivity contribution is 8.24. The maximum absolute atomic E-state index is 11.9. The van der Waals surface area contributed by atoms with Crippen LogP contribution in [0.3, 0.4) is 0 Å². The van der Waals surface area contributed by atoms with Gasteiger partial charge < -0.3 is 10.7 Å². The first-order valence-electron chi connectivity index (χ1n) is 7.65. The first kappa shape index (κ1) is 15.7. The number of carbonyl (C=O) groups excluding carboxylic acids is 1. The number of rotatable bonds is 3. The van der Waals surface area contributed by atoms with E-state index in [0.29, 0.717) is 17.1 Å². The van der Waals surface area contributed by atoms with Crippen molar-refractivity contribution in [3.8, 4) is 11.1 Å². The minimum Gasteiger partial charge on any atom is -0.366 e. The average molecular weight is 362 g/mol. The molecule has 1 aliphatic rings. The summed E-state index contributed by atoms with van der Waals surface area (Å²) < 4.78 is 19.9. The Labute approximate surface area is 144 Å². The van der Waals surface area contributed by atoms with Crippen molar-refractivity contribution in [3.63, 3.8) is 0 Å². The predicted molar refractivity (Wildman–Crippen MR) is 100 cm³/mol. The Balaban J connectivity index is 1.89. The third kappa shape index (κ3) is 2.63. The second kappa shape index (κ2) is 5.63. The molecule has 1 aliphatic heterocycles. The van der Waals surface area contributed by atoms with Crippen LogP contribution in [0, 0.1) is 0 Å². The molecule has 1 aromatic carbocycles. The quantitative estimate of drug-likeness (QED) is 0.561. The Morgan fingerprint density at radius 2 is 2.17 bits per heavy atom. The number of hydrogen-bond acceptors (Lipinski definition) is 4. The average Bonchev–Trinajstić information content (AvgIpc) is 3.24. The van der Waals surface area contributed by atoms with Crippen molar-refractivity contribution in [2.24, 2.45) is 5.73 Å². The molecule has 0 spiro atoms. The van der Waals surface area contributed by atoms with E-state index >= 15 is 0 Å². The summed E-state index contributed by atoms with van der Waals surface area (Å²) in [6.07, 6.45) is 2.61. The first-order valence-corrected chi connectivity index (χ1v) is 10.5. The molecule has 126 valence electrons. The zero-order valence-corrected chi connectivity index (χ0v) is 14.5. The third-order valence-corrected chi connectivity index (χ3v) is 7.15. The fraction of sp³-hybridized carbons (Fsp3) is 0.235. The highest BCUT2D eigenvalue weighted by atomic mass is 32.3. The molecule has 7 heteroatoms. The number of benzene rings is 1. The summed E-state index contributed by atoms with van der Waals surface area (Å²) in [6, 6.07) is 5.88. The van der Waals surface area contributed by atoms with Crippen molar-refractivity contribution in [1.82, 2.24) is 4.98 Å². The molecule has 0 aliphatic carbocycles. The Morgan fingerprint density at radius 1 is 1.33 bits per heavy atom. The third-order valence-electron chi connectivity index (χ3n) is 4.64. The van der Waals surface area contributed by atoms with E-state index in [1.807, 2.05) is 29.1 Å².